The van der Waals surface area contributed by atoms with E-state index in [2.05, 4.69) is 29.3 Å². The number of aromatic nitrogens is 2. The summed E-state index contributed by atoms with van der Waals surface area (Å²) in [5, 5.41) is 7.32. The fraction of sp³-hybridized carbons (Fsp3) is 0.429. The predicted molar refractivity (Wildman–Crippen MR) is 72.3 cm³/mol. The summed E-state index contributed by atoms with van der Waals surface area (Å²) in [6.07, 6.45) is 0.817. The highest BCUT2D eigenvalue weighted by Gasteiger charge is 2.19. The van der Waals surface area contributed by atoms with Crippen LogP contribution in [-0.2, 0) is 6.42 Å². The first-order chi connectivity index (χ1) is 9.24. The van der Waals surface area contributed by atoms with Crippen molar-refractivity contribution in [2.24, 2.45) is 5.92 Å². The summed E-state index contributed by atoms with van der Waals surface area (Å²) in [4.78, 5) is 4.44. The van der Waals surface area contributed by atoms with Crippen LogP contribution in [0.4, 0.5) is 5.69 Å². The van der Waals surface area contributed by atoms with Crippen LogP contribution < -0.4 is 10.1 Å². The number of anilines is 1. The second-order valence-electron chi connectivity index (χ2n) is 5.07. The van der Waals surface area contributed by atoms with Crippen molar-refractivity contribution in [3.05, 3.63) is 24.0 Å². The third-order valence-electron chi connectivity index (χ3n) is 2.97. The Labute approximate surface area is 112 Å². The minimum Gasteiger partial charge on any atom is -0.489 e. The molecule has 0 saturated heterocycles. The molecule has 0 fully saturated rings. The number of benzene rings is 1. The second kappa shape index (κ2) is 4.91. The number of hydrogen-bond donors (Lipinski definition) is 1. The molecular formula is C14H17N3O2. The van der Waals surface area contributed by atoms with Crippen LogP contribution >= 0.6 is 0 Å². The molecule has 19 heavy (non-hydrogen) atoms. The van der Waals surface area contributed by atoms with Crippen LogP contribution in [0, 0.1) is 5.92 Å². The Kier molecular flexibility index (Phi) is 3.11. The van der Waals surface area contributed by atoms with E-state index in [0.29, 0.717) is 18.4 Å². The molecule has 0 spiro atoms. The van der Waals surface area contributed by atoms with Crippen molar-refractivity contribution < 1.29 is 9.26 Å². The van der Waals surface area contributed by atoms with Crippen LogP contribution in [0.3, 0.4) is 0 Å². The molecule has 0 aliphatic carbocycles. The van der Waals surface area contributed by atoms with Gasteiger partial charge in [0.05, 0.1) is 11.3 Å². The van der Waals surface area contributed by atoms with Crippen molar-refractivity contribution in [2.75, 3.05) is 18.5 Å². The Bertz CT molecular complexity index is 578. The molecule has 1 N–H and O–H groups in total. The Balaban J connectivity index is 1.95. The summed E-state index contributed by atoms with van der Waals surface area (Å²) in [5.41, 5.74) is 1.83. The van der Waals surface area contributed by atoms with E-state index in [1.54, 1.807) is 0 Å². The Hall–Kier alpha value is -2.04. The molecule has 3 rings (SSSR count). The summed E-state index contributed by atoms with van der Waals surface area (Å²) in [7, 11) is 0. The van der Waals surface area contributed by atoms with Crippen molar-refractivity contribution in [2.45, 2.75) is 20.3 Å². The lowest BCUT2D eigenvalue weighted by atomic mass is 10.1. The van der Waals surface area contributed by atoms with Gasteiger partial charge in [-0.2, -0.15) is 4.98 Å². The molecule has 2 aromatic rings. The number of fused-ring (bicyclic) bond motifs is 1. The van der Waals surface area contributed by atoms with E-state index in [4.69, 9.17) is 9.26 Å². The molecule has 5 nitrogen and oxygen atoms in total. The van der Waals surface area contributed by atoms with Gasteiger partial charge < -0.3 is 14.6 Å². The number of hydrogen-bond acceptors (Lipinski definition) is 5. The zero-order valence-electron chi connectivity index (χ0n) is 11.1. The standard InChI is InChI=1S/C14H17N3O2/c1-9(2)8-12-16-14(19-17-12)10-4-3-5-11-13(10)18-7-6-15-11/h3-5,9,15H,6-8H2,1-2H3. The van der Waals surface area contributed by atoms with Crippen LogP contribution in [-0.4, -0.2) is 23.3 Å². The topological polar surface area (TPSA) is 60.2 Å². The smallest absolute Gasteiger partial charge is 0.261 e. The predicted octanol–water partition coefficient (Wildman–Crippen LogP) is 2.74. The second-order valence-corrected chi connectivity index (χ2v) is 5.07. The van der Waals surface area contributed by atoms with Gasteiger partial charge in [-0.3, -0.25) is 0 Å². The number of nitrogens with zero attached hydrogens (tertiary/aromatic N) is 2. The van der Waals surface area contributed by atoms with Gasteiger partial charge in [0.1, 0.15) is 6.61 Å². The van der Waals surface area contributed by atoms with Gasteiger partial charge >= 0.3 is 0 Å². The highest BCUT2D eigenvalue weighted by Crippen LogP contribution is 2.37. The van der Waals surface area contributed by atoms with Gasteiger partial charge in [0, 0.05) is 13.0 Å². The lowest BCUT2D eigenvalue weighted by molar-refractivity contribution is 0.322. The fourth-order valence-electron chi connectivity index (χ4n) is 2.15. The van der Waals surface area contributed by atoms with Gasteiger partial charge in [0.2, 0.25) is 0 Å². The van der Waals surface area contributed by atoms with E-state index in [1.807, 2.05) is 18.2 Å². The zero-order chi connectivity index (χ0) is 13.2. The summed E-state index contributed by atoms with van der Waals surface area (Å²) in [6, 6.07) is 5.89. The molecule has 100 valence electrons. The maximum absolute atomic E-state index is 5.71. The molecule has 0 radical (unpaired) electrons. The zero-order valence-corrected chi connectivity index (χ0v) is 11.1. The first kappa shape index (κ1) is 12.0. The van der Waals surface area contributed by atoms with E-state index < -0.39 is 0 Å². The van der Waals surface area contributed by atoms with Crippen LogP contribution in [0.1, 0.15) is 19.7 Å². The van der Waals surface area contributed by atoms with Crippen LogP contribution in [0.2, 0.25) is 0 Å². The molecule has 0 saturated carbocycles. The molecular weight excluding hydrogens is 242 g/mol. The Morgan fingerprint density at radius 2 is 2.26 bits per heavy atom. The molecule has 1 aliphatic rings. The molecule has 1 aliphatic heterocycles. The van der Waals surface area contributed by atoms with Gasteiger partial charge in [-0.15, -0.1) is 0 Å². The molecule has 0 atom stereocenters. The molecule has 0 unspecified atom stereocenters. The van der Waals surface area contributed by atoms with E-state index in [9.17, 15) is 0 Å². The number of rotatable bonds is 3. The number of nitrogens with one attached hydrogen (secondary N) is 1. The van der Waals surface area contributed by atoms with Crippen LogP contribution in [0.25, 0.3) is 11.5 Å². The summed E-state index contributed by atoms with van der Waals surface area (Å²) >= 11 is 0. The lowest BCUT2D eigenvalue weighted by Crippen LogP contribution is -2.18. The molecule has 0 bridgehead atoms. The monoisotopic (exact) mass is 259 g/mol. The minimum absolute atomic E-state index is 0.507. The third kappa shape index (κ3) is 2.41. The summed E-state index contributed by atoms with van der Waals surface area (Å²) in [6.45, 7) is 5.73. The van der Waals surface area contributed by atoms with Gasteiger partial charge in [-0.25, -0.2) is 0 Å². The molecule has 1 aromatic carbocycles. The van der Waals surface area contributed by atoms with E-state index in [1.165, 1.54) is 0 Å². The third-order valence-corrected chi connectivity index (χ3v) is 2.97. The molecule has 2 heterocycles. The molecule has 5 heteroatoms. The van der Waals surface area contributed by atoms with Gasteiger partial charge in [0.15, 0.2) is 11.6 Å². The average molecular weight is 259 g/mol. The van der Waals surface area contributed by atoms with Crippen molar-refractivity contribution in [1.29, 1.82) is 0 Å². The van der Waals surface area contributed by atoms with Crippen molar-refractivity contribution >= 4 is 5.69 Å². The minimum atomic E-state index is 0.507. The number of para-hydroxylation sites is 1. The van der Waals surface area contributed by atoms with E-state index in [0.717, 1.165) is 35.8 Å². The highest BCUT2D eigenvalue weighted by atomic mass is 16.5. The SMILES string of the molecule is CC(C)Cc1noc(-c2cccc3c2OCCN3)n1. The first-order valence-corrected chi connectivity index (χ1v) is 6.56. The average Bonchev–Trinajstić information content (AvgIpc) is 2.85. The van der Waals surface area contributed by atoms with Crippen molar-refractivity contribution in [3.8, 4) is 17.2 Å². The lowest BCUT2D eigenvalue weighted by Gasteiger charge is -2.20. The summed E-state index contributed by atoms with van der Waals surface area (Å²) < 4.78 is 11.1. The summed E-state index contributed by atoms with van der Waals surface area (Å²) in [5.74, 6) is 2.57. The molecule has 1 aromatic heterocycles. The van der Waals surface area contributed by atoms with Crippen LogP contribution in [0.15, 0.2) is 22.7 Å². The Morgan fingerprint density at radius 3 is 3.11 bits per heavy atom. The van der Waals surface area contributed by atoms with E-state index in [-0.39, 0.29) is 0 Å². The van der Waals surface area contributed by atoms with E-state index >= 15 is 0 Å². The van der Waals surface area contributed by atoms with Gasteiger partial charge in [0.25, 0.3) is 5.89 Å². The molecule has 0 amide bonds. The largest absolute Gasteiger partial charge is 0.489 e. The van der Waals surface area contributed by atoms with Gasteiger partial charge in [-0.1, -0.05) is 25.1 Å². The normalized spacial score (nSPS) is 13.8. The van der Waals surface area contributed by atoms with Crippen molar-refractivity contribution in [3.63, 3.8) is 0 Å². The van der Waals surface area contributed by atoms with Crippen molar-refractivity contribution in [1.82, 2.24) is 10.1 Å². The maximum Gasteiger partial charge on any atom is 0.261 e. The Morgan fingerprint density at radius 1 is 1.37 bits per heavy atom. The fourth-order valence-corrected chi connectivity index (χ4v) is 2.15. The van der Waals surface area contributed by atoms with Gasteiger partial charge in [-0.05, 0) is 18.1 Å². The quantitative estimate of drug-likeness (QED) is 0.918. The van der Waals surface area contributed by atoms with Crippen LogP contribution in [0.5, 0.6) is 5.75 Å². The maximum atomic E-state index is 5.71. The highest BCUT2D eigenvalue weighted by molar-refractivity contribution is 5.74. The first-order valence-electron chi connectivity index (χ1n) is 6.56. The number of ether oxygens (including phenoxy) is 1.